The number of hydrogen-bond donors (Lipinski definition) is 2. The van der Waals surface area contributed by atoms with Crippen molar-refractivity contribution in [1.82, 2.24) is 9.97 Å². The van der Waals surface area contributed by atoms with E-state index in [1.54, 1.807) is 13.8 Å². The fourth-order valence-electron chi connectivity index (χ4n) is 1.69. The molecule has 0 unspecified atom stereocenters. The molecule has 84 valence electrons. The number of aromatic amines is 1. The molecule has 1 aliphatic heterocycles. The van der Waals surface area contributed by atoms with Gasteiger partial charge in [-0.1, -0.05) is 0 Å². The highest BCUT2D eigenvalue weighted by Gasteiger charge is 2.22. The molecule has 5 nitrogen and oxygen atoms in total. The van der Waals surface area contributed by atoms with Crippen LogP contribution in [0.4, 0.5) is 0 Å². The van der Waals surface area contributed by atoms with Crippen molar-refractivity contribution in [3.05, 3.63) is 18.0 Å². The molecule has 1 aromatic carbocycles. The van der Waals surface area contributed by atoms with Gasteiger partial charge in [0.1, 0.15) is 11.4 Å². The lowest BCUT2D eigenvalue weighted by molar-refractivity contribution is 0.0700. The lowest BCUT2D eigenvalue weighted by atomic mass is 10.1. The van der Waals surface area contributed by atoms with E-state index in [9.17, 15) is 5.11 Å². The Kier molecular flexibility index (Phi) is 1.71. The van der Waals surface area contributed by atoms with Gasteiger partial charge < -0.3 is 19.6 Å². The quantitative estimate of drug-likeness (QED) is 0.764. The molecule has 1 aromatic heterocycles. The first-order valence-electron chi connectivity index (χ1n) is 5.06. The molecule has 1 aliphatic rings. The molecule has 0 radical (unpaired) electrons. The van der Waals surface area contributed by atoms with Crippen molar-refractivity contribution in [2.45, 2.75) is 19.4 Å². The van der Waals surface area contributed by atoms with Gasteiger partial charge >= 0.3 is 0 Å². The number of ether oxygens (including phenoxy) is 2. The van der Waals surface area contributed by atoms with E-state index >= 15 is 0 Å². The Hall–Kier alpha value is -1.75. The summed E-state index contributed by atoms with van der Waals surface area (Å²) >= 11 is 0. The van der Waals surface area contributed by atoms with Crippen LogP contribution in [0.3, 0.4) is 0 Å². The van der Waals surface area contributed by atoms with Crippen LogP contribution in [0.2, 0.25) is 0 Å². The van der Waals surface area contributed by atoms with Crippen LogP contribution < -0.4 is 9.47 Å². The number of benzene rings is 1. The van der Waals surface area contributed by atoms with E-state index < -0.39 is 5.60 Å². The highest BCUT2D eigenvalue weighted by molar-refractivity contribution is 5.80. The molecule has 16 heavy (non-hydrogen) atoms. The minimum absolute atomic E-state index is 0.250. The van der Waals surface area contributed by atoms with Crippen molar-refractivity contribution >= 4 is 11.0 Å². The van der Waals surface area contributed by atoms with Crippen LogP contribution in [0.5, 0.6) is 11.5 Å². The molecule has 2 aromatic rings. The minimum Gasteiger partial charge on any atom is -0.454 e. The lowest BCUT2D eigenvalue weighted by Gasteiger charge is -2.12. The topological polar surface area (TPSA) is 67.4 Å². The monoisotopic (exact) mass is 220 g/mol. The Balaban J connectivity index is 2.19. The van der Waals surface area contributed by atoms with Crippen molar-refractivity contribution in [2.75, 3.05) is 6.79 Å². The third-order valence-electron chi connectivity index (χ3n) is 2.56. The van der Waals surface area contributed by atoms with Crippen molar-refractivity contribution in [2.24, 2.45) is 0 Å². The summed E-state index contributed by atoms with van der Waals surface area (Å²) in [5.74, 6) is 1.94. The molecule has 5 heteroatoms. The summed E-state index contributed by atoms with van der Waals surface area (Å²) < 4.78 is 10.5. The molecule has 2 N–H and O–H groups in total. The number of aliphatic hydroxyl groups is 1. The Morgan fingerprint density at radius 3 is 2.69 bits per heavy atom. The van der Waals surface area contributed by atoms with Gasteiger partial charge in [-0.2, -0.15) is 0 Å². The van der Waals surface area contributed by atoms with E-state index in [0.717, 1.165) is 11.0 Å². The maximum atomic E-state index is 9.84. The van der Waals surface area contributed by atoms with E-state index in [0.29, 0.717) is 17.3 Å². The van der Waals surface area contributed by atoms with E-state index in [4.69, 9.17) is 9.47 Å². The van der Waals surface area contributed by atoms with Crippen LogP contribution in [0, 0.1) is 0 Å². The molecule has 2 heterocycles. The van der Waals surface area contributed by atoms with Crippen LogP contribution >= 0.6 is 0 Å². The predicted molar refractivity (Wildman–Crippen MR) is 57.5 cm³/mol. The van der Waals surface area contributed by atoms with Gasteiger partial charge in [0.05, 0.1) is 11.0 Å². The lowest BCUT2D eigenvalue weighted by Crippen LogP contribution is -2.17. The standard InChI is InChI=1S/C11H12N2O3/c1-11(2,14)10-12-6-3-8-9(16-5-15-8)4-7(6)13-10/h3-4,14H,5H2,1-2H3,(H,12,13). The summed E-state index contributed by atoms with van der Waals surface area (Å²) in [6.07, 6.45) is 0. The Labute approximate surface area is 92.0 Å². The van der Waals surface area contributed by atoms with Gasteiger partial charge in [-0.15, -0.1) is 0 Å². The smallest absolute Gasteiger partial charge is 0.231 e. The van der Waals surface area contributed by atoms with Gasteiger partial charge in [0.25, 0.3) is 0 Å². The number of nitrogens with zero attached hydrogens (tertiary/aromatic N) is 1. The second kappa shape index (κ2) is 2.89. The Morgan fingerprint density at radius 1 is 1.31 bits per heavy atom. The van der Waals surface area contributed by atoms with Crippen LogP contribution in [-0.4, -0.2) is 21.9 Å². The van der Waals surface area contributed by atoms with Crippen LogP contribution in [0.1, 0.15) is 19.7 Å². The number of imidazole rings is 1. The maximum Gasteiger partial charge on any atom is 0.231 e. The van der Waals surface area contributed by atoms with Crippen LogP contribution in [0.25, 0.3) is 11.0 Å². The fraction of sp³-hybridized carbons (Fsp3) is 0.364. The third kappa shape index (κ3) is 1.32. The van der Waals surface area contributed by atoms with Crippen LogP contribution in [0.15, 0.2) is 12.1 Å². The molecular weight excluding hydrogens is 208 g/mol. The van der Waals surface area contributed by atoms with Gasteiger partial charge in [-0.05, 0) is 13.8 Å². The summed E-state index contributed by atoms with van der Waals surface area (Å²) in [4.78, 5) is 7.39. The van der Waals surface area contributed by atoms with Gasteiger partial charge in [-0.25, -0.2) is 4.98 Å². The van der Waals surface area contributed by atoms with E-state index in [2.05, 4.69) is 9.97 Å². The molecule has 0 fully saturated rings. The largest absolute Gasteiger partial charge is 0.454 e. The average Bonchev–Trinajstić information content (AvgIpc) is 2.75. The number of H-pyrrole nitrogens is 1. The first kappa shape index (κ1) is 9.47. The van der Waals surface area contributed by atoms with Crippen molar-refractivity contribution in [3.63, 3.8) is 0 Å². The van der Waals surface area contributed by atoms with Crippen LogP contribution in [-0.2, 0) is 5.60 Å². The summed E-state index contributed by atoms with van der Waals surface area (Å²) in [5, 5.41) is 9.84. The highest BCUT2D eigenvalue weighted by atomic mass is 16.7. The van der Waals surface area contributed by atoms with Crippen molar-refractivity contribution < 1.29 is 14.6 Å². The molecule has 0 aliphatic carbocycles. The molecule has 0 saturated carbocycles. The summed E-state index contributed by atoms with van der Waals surface area (Å²) in [6, 6.07) is 3.64. The molecule has 3 rings (SSSR count). The Morgan fingerprint density at radius 2 is 2.00 bits per heavy atom. The summed E-state index contributed by atoms with van der Waals surface area (Å²) in [5.41, 5.74) is 0.619. The van der Waals surface area contributed by atoms with E-state index in [1.165, 1.54) is 0 Å². The molecular formula is C11H12N2O3. The molecule has 0 saturated heterocycles. The number of nitrogens with one attached hydrogen (secondary N) is 1. The first-order valence-corrected chi connectivity index (χ1v) is 5.06. The van der Waals surface area contributed by atoms with Gasteiger partial charge in [0, 0.05) is 12.1 Å². The molecule has 0 amide bonds. The van der Waals surface area contributed by atoms with Gasteiger partial charge in [0.15, 0.2) is 11.5 Å². The van der Waals surface area contributed by atoms with E-state index in [-0.39, 0.29) is 6.79 Å². The summed E-state index contributed by atoms with van der Waals surface area (Å²) in [6.45, 7) is 3.62. The second-order valence-corrected chi connectivity index (χ2v) is 4.37. The zero-order valence-corrected chi connectivity index (χ0v) is 9.07. The number of fused-ring (bicyclic) bond motifs is 2. The molecule has 0 atom stereocenters. The normalized spacial score (nSPS) is 14.7. The molecule has 0 spiro atoms. The zero-order chi connectivity index (χ0) is 11.3. The van der Waals surface area contributed by atoms with Crippen molar-refractivity contribution in [1.29, 1.82) is 0 Å². The minimum atomic E-state index is -0.981. The average molecular weight is 220 g/mol. The predicted octanol–water partition coefficient (Wildman–Crippen LogP) is 1.52. The fourth-order valence-corrected chi connectivity index (χ4v) is 1.69. The zero-order valence-electron chi connectivity index (χ0n) is 9.07. The van der Waals surface area contributed by atoms with Crippen molar-refractivity contribution in [3.8, 4) is 11.5 Å². The number of aromatic nitrogens is 2. The maximum absolute atomic E-state index is 9.84. The Bertz CT molecular complexity index is 513. The molecule has 0 bridgehead atoms. The SMILES string of the molecule is CC(C)(O)c1nc2cc3c(cc2[nH]1)OCO3. The third-order valence-corrected chi connectivity index (χ3v) is 2.56. The highest BCUT2D eigenvalue weighted by Crippen LogP contribution is 2.35. The number of hydrogen-bond acceptors (Lipinski definition) is 4. The second-order valence-electron chi connectivity index (χ2n) is 4.37. The van der Waals surface area contributed by atoms with Gasteiger partial charge in [0.2, 0.25) is 6.79 Å². The number of rotatable bonds is 1. The summed E-state index contributed by atoms with van der Waals surface area (Å²) in [7, 11) is 0. The van der Waals surface area contributed by atoms with E-state index in [1.807, 2.05) is 12.1 Å². The first-order chi connectivity index (χ1) is 7.54. The van der Waals surface area contributed by atoms with Gasteiger partial charge in [-0.3, -0.25) is 0 Å².